The van der Waals surface area contributed by atoms with Gasteiger partial charge in [0, 0.05) is 56.3 Å². The highest BCUT2D eigenvalue weighted by Gasteiger charge is 2.40. The number of aromatic amines is 2. The molecule has 8 amide bonds. The summed E-state index contributed by atoms with van der Waals surface area (Å²) in [6, 6.07) is -9.10. The Morgan fingerprint density at radius 2 is 1.32 bits per heavy atom. The number of carbonyl (C=O) groups excluding carboxylic acids is 8. The van der Waals surface area contributed by atoms with E-state index in [2.05, 4.69) is 62.5 Å². The van der Waals surface area contributed by atoms with Crippen LogP contribution in [-0.4, -0.2) is 188 Å². The highest BCUT2D eigenvalue weighted by Crippen LogP contribution is 2.20. The molecule has 0 aromatic carbocycles. The monoisotopic (exact) mass is 1090 g/mol. The summed E-state index contributed by atoms with van der Waals surface area (Å²) in [6.07, 6.45) is 7.93. The summed E-state index contributed by atoms with van der Waals surface area (Å²) in [5.74, 6) is -8.30. The molecule has 0 aliphatic carbocycles. The Balaban J connectivity index is 1.77. The van der Waals surface area contributed by atoms with Crippen LogP contribution < -0.4 is 76.9 Å². The molecular formula is C46H78N20O11. The second-order valence-electron chi connectivity index (χ2n) is 18.2. The van der Waals surface area contributed by atoms with E-state index in [9.17, 15) is 53.4 Å². The average molecular weight is 1090 g/mol. The Kier molecular flexibility index (Phi) is 28.3. The lowest BCUT2D eigenvalue weighted by molar-refractivity contribution is -0.142. The number of carbonyl (C=O) groups is 9. The molecule has 31 nitrogen and oxygen atoms in total. The topological polar surface area (TPSA) is 531 Å². The summed E-state index contributed by atoms with van der Waals surface area (Å²) in [5.41, 5.74) is 34.3. The predicted molar refractivity (Wildman–Crippen MR) is 278 cm³/mol. The third-order valence-corrected chi connectivity index (χ3v) is 12.2. The number of nitrogens with two attached hydrogens (primary N) is 6. The van der Waals surface area contributed by atoms with Gasteiger partial charge in [0.15, 0.2) is 5.96 Å². The van der Waals surface area contributed by atoms with Crippen molar-refractivity contribution in [2.75, 3.05) is 45.8 Å². The number of aliphatic hydroxyl groups is 1. The molecule has 1 aliphatic heterocycles. The van der Waals surface area contributed by atoms with Crippen LogP contribution in [0.1, 0.15) is 82.0 Å². The fraction of sp³-hybridized carbons (Fsp3) is 0.609. The number of likely N-dealkylation sites (tertiary alicyclic amines) is 1. The SMILES string of the molecule is N=C(N)NCC/C=C(\NC(=O)[C@H](CCCCN)NC(=O)[C@H](Cc1cnc[nH]1)NC(=O)[C@@H]1CCCN1C(=O)[C@@H](CCCN)NC(=O)CNC(=O)[C@H](Cc1cnc[nH]1)NC(=O)[C@@H](NC(=O)[C@@H](N)CCCCN)[C@@H](O)CN)C(=O)O. The average Bonchev–Trinajstić information content (AvgIpc) is 4.23. The summed E-state index contributed by atoms with van der Waals surface area (Å²) in [5, 5.41) is 47.9. The summed E-state index contributed by atoms with van der Waals surface area (Å²) < 4.78 is 0. The van der Waals surface area contributed by atoms with E-state index in [0.717, 1.165) is 0 Å². The highest BCUT2D eigenvalue weighted by molar-refractivity contribution is 5.99. The second kappa shape index (κ2) is 34.2. The molecule has 3 heterocycles. The lowest BCUT2D eigenvalue weighted by Crippen LogP contribution is -2.61. The van der Waals surface area contributed by atoms with Crippen molar-refractivity contribution < 1.29 is 53.4 Å². The van der Waals surface area contributed by atoms with Crippen molar-refractivity contribution in [3.05, 3.63) is 48.2 Å². The Hall–Kier alpha value is -7.58. The standard InChI is InChI=1S/C46H78N20O11/c47-13-3-1-8-28(51)38(69)65-37(35(67)20-50)43(74)64-32(18-26-21-54-24-58-26)39(70)57-23-36(68)60-30(10-5-15-49)44(75)66-17-7-12-34(66)42(73)63-33(19-27-22-55-25-59-27)41(72)61-29(9-2-4-14-48)40(71)62-31(45(76)77)11-6-16-56-46(52)53/h11,21-22,24-25,28-30,32-35,37,67H,1-10,12-20,23,47-51H2,(H,54,58)(H,55,59)(H,57,70)(H,60,68)(H,61,72)(H,62,71)(H,63,73)(H,64,74)(H,65,69)(H,76,77)(H4,52,53,56)/b31-11-/t28-,29-,30+,32-,33-,34-,35-,37-/m0/s1. The van der Waals surface area contributed by atoms with Gasteiger partial charge in [0.25, 0.3) is 0 Å². The highest BCUT2D eigenvalue weighted by atomic mass is 16.4. The molecule has 1 fully saturated rings. The Morgan fingerprint density at radius 1 is 0.727 bits per heavy atom. The number of carboxylic acids is 1. The first kappa shape index (κ1) is 63.7. The number of aliphatic carboxylic acids is 1. The molecule has 0 spiro atoms. The maximum atomic E-state index is 14.3. The number of nitrogens with one attached hydrogen (secondary N) is 11. The number of H-pyrrole nitrogens is 2. The third-order valence-electron chi connectivity index (χ3n) is 12.2. The molecule has 0 saturated carbocycles. The Bertz CT molecular complexity index is 2270. The fourth-order valence-corrected chi connectivity index (χ4v) is 8.04. The van der Waals surface area contributed by atoms with E-state index in [0.29, 0.717) is 50.0 Å². The summed E-state index contributed by atoms with van der Waals surface area (Å²) >= 11 is 0. The molecule has 77 heavy (non-hydrogen) atoms. The summed E-state index contributed by atoms with van der Waals surface area (Å²) in [6.45, 7) is -0.183. The first-order valence-electron chi connectivity index (χ1n) is 25.4. The molecule has 3 rings (SSSR count). The van der Waals surface area contributed by atoms with Gasteiger partial charge in [-0.2, -0.15) is 0 Å². The minimum Gasteiger partial charge on any atom is -0.477 e. The molecule has 31 heteroatoms. The van der Waals surface area contributed by atoms with Gasteiger partial charge in [-0.05, 0) is 83.8 Å². The number of unbranched alkanes of at least 4 members (excludes halogenated alkanes) is 2. The van der Waals surface area contributed by atoms with Crippen LogP contribution in [0.4, 0.5) is 0 Å². The molecule has 0 bridgehead atoms. The molecule has 8 atom stereocenters. The van der Waals surface area contributed by atoms with Crippen LogP contribution in [0.15, 0.2) is 36.8 Å². The van der Waals surface area contributed by atoms with Crippen LogP contribution in [0.3, 0.4) is 0 Å². The van der Waals surface area contributed by atoms with Gasteiger partial charge in [-0.3, -0.25) is 43.8 Å². The van der Waals surface area contributed by atoms with E-state index in [1.54, 1.807) is 0 Å². The van der Waals surface area contributed by atoms with Crippen LogP contribution in [0.2, 0.25) is 0 Å². The number of amides is 8. The minimum absolute atomic E-state index is 0.0260. The van der Waals surface area contributed by atoms with Crippen LogP contribution in [0.25, 0.3) is 0 Å². The van der Waals surface area contributed by atoms with Crippen LogP contribution in [-0.2, 0) is 56.0 Å². The minimum atomic E-state index is -1.63. The van der Waals surface area contributed by atoms with Gasteiger partial charge in [-0.1, -0.05) is 12.5 Å². The zero-order valence-electron chi connectivity index (χ0n) is 43.0. The molecule has 1 aliphatic rings. The number of guanidine groups is 1. The maximum absolute atomic E-state index is 14.3. The van der Waals surface area contributed by atoms with E-state index >= 15 is 0 Å². The van der Waals surface area contributed by atoms with Gasteiger partial charge in [-0.15, -0.1) is 0 Å². The fourth-order valence-electron chi connectivity index (χ4n) is 8.04. The van der Waals surface area contributed by atoms with Crippen LogP contribution in [0, 0.1) is 5.41 Å². The largest absolute Gasteiger partial charge is 0.477 e. The van der Waals surface area contributed by atoms with Crippen LogP contribution >= 0.6 is 0 Å². The normalized spacial score (nSPS) is 16.1. The van der Waals surface area contributed by atoms with Crippen molar-refractivity contribution >= 4 is 59.2 Å². The molecule has 428 valence electrons. The lowest BCUT2D eigenvalue weighted by Gasteiger charge is -2.30. The smallest absolute Gasteiger partial charge is 0.352 e. The number of hydrogen-bond acceptors (Lipinski definition) is 18. The van der Waals surface area contributed by atoms with Gasteiger partial charge in [0.1, 0.15) is 41.9 Å². The van der Waals surface area contributed by atoms with Gasteiger partial charge >= 0.3 is 5.97 Å². The number of rotatable bonds is 36. The quantitative estimate of drug-likeness (QED) is 0.0130. The van der Waals surface area contributed by atoms with E-state index in [1.165, 1.54) is 36.0 Å². The number of imidazole rings is 2. The zero-order chi connectivity index (χ0) is 56.9. The Morgan fingerprint density at radius 3 is 1.90 bits per heavy atom. The molecule has 2 aromatic rings. The van der Waals surface area contributed by atoms with E-state index in [-0.39, 0.29) is 83.5 Å². The molecule has 2 aromatic heterocycles. The number of nitrogens with zero attached hydrogens (tertiary/aromatic N) is 3. The van der Waals surface area contributed by atoms with Crippen molar-refractivity contribution in [1.29, 1.82) is 5.41 Å². The molecule has 0 unspecified atom stereocenters. The summed E-state index contributed by atoms with van der Waals surface area (Å²) in [7, 11) is 0. The second-order valence-corrected chi connectivity index (χ2v) is 18.2. The Labute approximate surface area is 444 Å². The molecule has 1 saturated heterocycles. The summed E-state index contributed by atoms with van der Waals surface area (Å²) in [4.78, 5) is 137. The van der Waals surface area contributed by atoms with Crippen molar-refractivity contribution in [3.8, 4) is 0 Å². The van der Waals surface area contributed by atoms with Crippen molar-refractivity contribution in [1.82, 2.24) is 67.4 Å². The lowest BCUT2D eigenvalue weighted by atomic mass is 10.1. The van der Waals surface area contributed by atoms with E-state index < -0.39 is 120 Å². The first-order valence-corrected chi connectivity index (χ1v) is 25.4. The number of carboxylic acid groups (broad SMARTS) is 1. The number of aromatic nitrogens is 4. The number of hydrogen-bond donors (Lipinski definition) is 19. The van der Waals surface area contributed by atoms with Gasteiger partial charge in [0.2, 0.25) is 47.3 Å². The van der Waals surface area contributed by atoms with Gasteiger partial charge in [0.05, 0.1) is 31.3 Å². The van der Waals surface area contributed by atoms with E-state index in [1.807, 2.05) is 0 Å². The first-order chi connectivity index (χ1) is 36.8. The molecular weight excluding hydrogens is 1010 g/mol. The number of aliphatic hydroxyl groups excluding tert-OH is 1. The molecule has 25 N–H and O–H groups in total. The van der Waals surface area contributed by atoms with E-state index in [4.69, 9.17) is 39.8 Å². The van der Waals surface area contributed by atoms with Crippen molar-refractivity contribution in [2.45, 2.75) is 132 Å². The predicted octanol–water partition coefficient (Wildman–Crippen LogP) is -6.95. The zero-order valence-corrected chi connectivity index (χ0v) is 43.0. The maximum Gasteiger partial charge on any atom is 0.352 e. The van der Waals surface area contributed by atoms with Gasteiger partial charge < -0.3 is 102 Å². The van der Waals surface area contributed by atoms with Gasteiger partial charge in [-0.25, -0.2) is 14.8 Å². The van der Waals surface area contributed by atoms with Crippen molar-refractivity contribution in [3.63, 3.8) is 0 Å². The molecule has 0 radical (unpaired) electrons. The van der Waals surface area contributed by atoms with Crippen molar-refractivity contribution in [2.24, 2.45) is 34.4 Å². The van der Waals surface area contributed by atoms with Crippen LogP contribution in [0.5, 0.6) is 0 Å². The third kappa shape index (κ3) is 22.3.